The van der Waals surface area contributed by atoms with Crippen LogP contribution >= 0.6 is 0 Å². The van der Waals surface area contributed by atoms with Crippen LogP contribution < -0.4 is 9.62 Å². The molecule has 4 heteroatoms. The number of Topliss-reactive ketones (excluding diaryl/α,β-unsaturated/α-hetero) is 1. The van der Waals surface area contributed by atoms with Crippen molar-refractivity contribution in [2.24, 2.45) is 0 Å². The molecule has 0 N–H and O–H groups in total. The van der Waals surface area contributed by atoms with Gasteiger partial charge in [0.25, 0.3) is 0 Å². The molecule has 0 spiro atoms. The number of fused-ring (bicyclic) bond motifs is 1. The van der Waals surface area contributed by atoms with Crippen LogP contribution in [-0.2, 0) is 9.68 Å². The van der Waals surface area contributed by atoms with E-state index in [2.05, 4.69) is 0 Å². The number of carbonyl (C=O) groups is 1. The second kappa shape index (κ2) is 3.06. The fraction of sp³-hybridized carbons (Fsp3) is 0.222. The number of benzene rings is 1. The Labute approximate surface area is 75.0 Å². The van der Waals surface area contributed by atoms with E-state index in [1.54, 1.807) is 24.3 Å². The van der Waals surface area contributed by atoms with Gasteiger partial charge in [-0.2, -0.15) is 0 Å². The zero-order valence-electron chi connectivity index (χ0n) is 7.02. The summed E-state index contributed by atoms with van der Waals surface area (Å²) in [5, 5.41) is 0. The molecule has 1 aliphatic heterocycles. The highest BCUT2D eigenvalue weighted by Crippen LogP contribution is 2.31. The average molecular weight is 180 g/mol. The van der Waals surface area contributed by atoms with Gasteiger partial charge in [0.05, 0.1) is 0 Å². The van der Waals surface area contributed by atoms with E-state index >= 15 is 0 Å². The number of hydrogen-bond acceptors (Lipinski definition) is 4. The van der Waals surface area contributed by atoms with Crippen molar-refractivity contribution in [2.45, 2.75) is 13.2 Å². The summed E-state index contributed by atoms with van der Waals surface area (Å²) in [6.45, 7) is 1.38. The molecule has 0 saturated carbocycles. The summed E-state index contributed by atoms with van der Waals surface area (Å²) in [4.78, 5) is 20.4. The van der Waals surface area contributed by atoms with Crippen LogP contribution in [0.4, 0.5) is 0 Å². The Morgan fingerprint density at radius 1 is 1.31 bits per heavy atom. The molecular weight excluding hydrogens is 172 g/mol. The minimum absolute atomic E-state index is 0.227. The molecule has 1 aliphatic rings. The fourth-order valence-electron chi connectivity index (χ4n) is 0.998. The largest absolute Gasteiger partial charge is 0.450 e. The molecule has 1 heterocycles. The molecule has 0 radical (unpaired) electrons. The van der Waals surface area contributed by atoms with Gasteiger partial charge >= 0.3 is 6.29 Å². The maximum Gasteiger partial charge on any atom is 0.300 e. The van der Waals surface area contributed by atoms with Crippen molar-refractivity contribution >= 4 is 5.78 Å². The molecule has 4 nitrogen and oxygen atoms in total. The second-order valence-corrected chi connectivity index (χ2v) is 2.69. The van der Waals surface area contributed by atoms with Crippen LogP contribution in [0.1, 0.15) is 6.92 Å². The Morgan fingerprint density at radius 2 is 2.00 bits per heavy atom. The quantitative estimate of drug-likeness (QED) is 0.611. The summed E-state index contributed by atoms with van der Waals surface area (Å²) in [6.07, 6.45) is -0.949. The third kappa shape index (κ3) is 1.48. The Hall–Kier alpha value is -1.55. The first-order chi connectivity index (χ1) is 6.27. The minimum atomic E-state index is -0.949. The van der Waals surface area contributed by atoms with Crippen molar-refractivity contribution < 1.29 is 19.3 Å². The van der Waals surface area contributed by atoms with E-state index in [-0.39, 0.29) is 5.78 Å². The molecule has 0 amide bonds. The first kappa shape index (κ1) is 8.07. The van der Waals surface area contributed by atoms with E-state index in [9.17, 15) is 4.79 Å². The van der Waals surface area contributed by atoms with Gasteiger partial charge in [0.15, 0.2) is 5.75 Å². The van der Waals surface area contributed by atoms with Crippen LogP contribution in [0.3, 0.4) is 0 Å². The van der Waals surface area contributed by atoms with Gasteiger partial charge in [-0.05, 0) is 12.1 Å². The van der Waals surface area contributed by atoms with Gasteiger partial charge in [-0.25, -0.2) is 0 Å². The molecular formula is C9H8O4. The summed E-state index contributed by atoms with van der Waals surface area (Å²) in [7, 11) is 0. The van der Waals surface area contributed by atoms with Gasteiger partial charge in [0.1, 0.15) is 0 Å². The lowest BCUT2D eigenvalue weighted by molar-refractivity contribution is -0.300. The molecule has 0 saturated heterocycles. The summed E-state index contributed by atoms with van der Waals surface area (Å²) in [5.41, 5.74) is 0. The molecule has 1 unspecified atom stereocenters. The molecule has 2 rings (SSSR count). The van der Waals surface area contributed by atoms with Crippen LogP contribution in [-0.4, -0.2) is 12.1 Å². The standard InChI is InChI=1S/C9H8O4/c1-6(10)9-11-7-4-2-3-5-8(7)12-13-9/h2-5,9H,1H3. The third-order valence-electron chi connectivity index (χ3n) is 1.64. The Morgan fingerprint density at radius 3 is 2.69 bits per heavy atom. The van der Waals surface area contributed by atoms with E-state index < -0.39 is 6.29 Å². The summed E-state index contributed by atoms with van der Waals surface area (Å²) >= 11 is 0. The van der Waals surface area contributed by atoms with E-state index in [1.807, 2.05) is 0 Å². The van der Waals surface area contributed by atoms with Gasteiger partial charge in [-0.1, -0.05) is 12.1 Å². The van der Waals surface area contributed by atoms with Gasteiger partial charge in [-0.15, -0.1) is 4.89 Å². The van der Waals surface area contributed by atoms with Gasteiger partial charge in [0.2, 0.25) is 11.5 Å². The second-order valence-electron chi connectivity index (χ2n) is 2.69. The zero-order valence-corrected chi connectivity index (χ0v) is 7.02. The Balaban J connectivity index is 2.24. The lowest BCUT2D eigenvalue weighted by Gasteiger charge is -2.22. The first-order valence-corrected chi connectivity index (χ1v) is 3.87. The molecule has 0 aliphatic carbocycles. The highest BCUT2D eigenvalue weighted by molar-refractivity contribution is 5.79. The maximum absolute atomic E-state index is 10.9. The van der Waals surface area contributed by atoms with Crippen LogP contribution in [0.25, 0.3) is 0 Å². The highest BCUT2D eigenvalue weighted by atomic mass is 17.2. The lowest BCUT2D eigenvalue weighted by Crippen LogP contribution is -2.32. The highest BCUT2D eigenvalue weighted by Gasteiger charge is 2.25. The smallest absolute Gasteiger partial charge is 0.300 e. The Bertz CT molecular complexity index is 334. The van der Waals surface area contributed by atoms with Gasteiger partial charge in [0, 0.05) is 6.92 Å². The lowest BCUT2D eigenvalue weighted by atomic mass is 10.3. The summed E-state index contributed by atoms with van der Waals surface area (Å²) < 4.78 is 5.20. The number of rotatable bonds is 1. The van der Waals surface area contributed by atoms with Crippen molar-refractivity contribution in [3.8, 4) is 11.5 Å². The van der Waals surface area contributed by atoms with Crippen molar-refractivity contribution in [3.05, 3.63) is 24.3 Å². The molecule has 68 valence electrons. The fourth-order valence-corrected chi connectivity index (χ4v) is 0.998. The van der Waals surface area contributed by atoms with Crippen molar-refractivity contribution in [1.29, 1.82) is 0 Å². The van der Waals surface area contributed by atoms with Gasteiger partial charge < -0.3 is 9.62 Å². The summed E-state index contributed by atoms with van der Waals surface area (Å²) in [6, 6.07) is 7.00. The van der Waals surface area contributed by atoms with Crippen LogP contribution in [0, 0.1) is 0 Å². The molecule has 1 aromatic carbocycles. The average Bonchev–Trinajstić information content (AvgIpc) is 2.17. The molecule has 0 aromatic heterocycles. The SMILES string of the molecule is CC(=O)C1OOc2ccccc2O1. The van der Waals surface area contributed by atoms with E-state index in [4.69, 9.17) is 14.5 Å². The number of ether oxygens (including phenoxy) is 1. The zero-order chi connectivity index (χ0) is 9.26. The third-order valence-corrected chi connectivity index (χ3v) is 1.64. The van der Waals surface area contributed by atoms with E-state index in [0.29, 0.717) is 11.5 Å². The topological polar surface area (TPSA) is 44.8 Å². The normalized spacial score (nSPS) is 19.6. The van der Waals surface area contributed by atoms with Crippen molar-refractivity contribution in [2.75, 3.05) is 0 Å². The van der Waals surface area contributed by atoms with Crippen LogP contribution in [0.2, 0.25) is 0 Å². The van der Waals surface area contributed by atoms with Crippen LogP contribution in [0.5, 0.6) is 11.5 Å². The minimum Gasteiger partial charge on any atom is -0.450 e. The first-order valence-electron chi connectivity index (χ1n) is 3.87. The van der Waals surface area contributed by atoms with E-state index in [1.165, 1.54) is 6.92 Å². The summed E-state index contributed by atoms with van der Waals surface area (Å²) in [5.74, 6) is 0.781. The van der Waals surface area contributed by atoms with Crippen LogP contribution in [0.15, 0.2) is 24.3 Å². The Kier molecular flexibility index (Phi) is 1.90. The number of carbonyl (C=O) groups excluding carboxylic acids is 1. The molecule has 1 aromatic rings. The molecule has 0 bridgehead atoms. The van der Waals surface area contributed by atoms with E-state index in [0.717, 1.165) is 0 Å². The van der Waals surface area contributed by atoms with Crippen molar-refractivity contribution in [1.82, 2.24) is 0 Å². The monoisotopic (exact) mass is 180 g/mol. The van der Waals surface area contributed by atoms with Gasteiger partial charge in [-0.3, -0.25) is 4.79 Å². The number of para-hydroxylation sites is 2. The molecule has 13 heavy (non-hydrogen) atoms. The predicted octanol–water partition coefficient (Wildman–Crippen LogP) is 1.30. The number of ketones is 1. The molecule has 1 atom stereocenters. The van der Waals surface area contributed by atoms with Crippen molar-refractivity contribution in [3.63, 3.8) is 0 Å². The molecule has 0 fully saturated rings. The maximum atomic E-state index is 10.9. The number of hydrogen-bond donors (Lipinski definition) is 0. The predicted molar refractivity (Wildman–Crippen MR) is 43.3 cm³/mol.